The van der Waals surface area contributed by atoms with Gasteiger partial charge in [0.25, 0.3) is 0 Å². The first kappa shape index (κ1) is 25.1. The molecule has 39 heavy (non-hydrogen) atoms. The van der Waals surface area contributed by atoms with Crippen molar-refractivity contribution in [2.75, 3.05) is 46.1 Å². The number of hydrogen-bond donors (Lipinski definition) is 1. The van der Waals surface area contributed by atoms with Gasteiger partial charge in [0.15, 0.2) is 0 Å². The molecule has 0 unspecified atom stereocenters. The number of carboxylic acids is 1. The van der Waals surface area contributed by atoms with E-state index in [1.54, 1.807) is 6.07 Å². The number of carbonyl (C=O) groups is 1. The van der Waals surface area contributed by atoms with Crippen molar-refractivity contribution in [2.45, 2.75) is 56.6 Å². The quantitative estimate of drug-likeness (QED) is 0.477. The number of hydrogen-bond acceptors (Lipinski definition) is 5. The Morgan fingerprint density at radius 3 is 2.69 bits per heavy atom. The topological polar surface area (TPSA) is 73.2 Å². The molecule has 3 aliphatic heterocycles. The molecule has 4 heterocycles. The molecule has 7 nitrogen and oxygen atoms in total. The van der Waals surface area contributed by atoms with Crippen molar-refractivity contribution in [2.24, 2.45) is 5.92 Å². The Morgan fingerprint density at radius 1 is 1.05 bits per heavy atom. The molecule has 3 aromatic rings. The molecular weight excluding hydrogens is 492 g/mol. The SMILES string of the molecule is O=C(O)c1ccc2c(C3CCCCC3)c3n(c2c1)C[C@@]1(COc2ccccc2-3)C[C@@H](CN2CCOCC2)CO1. The summed E-state index contributed by atoms with van der Waals surface area (Å²) < 4.78 is 21.3. The molecule has 1 aliphatic carbocycles. The third kappa shape index (κ3) is 4.64. The van der Waals surface area contributed by atoms with E-state index in [0.717, 1.165) is 56.1 Å². The third-order valence-electron chi connectivity index (χ3n) is 9.35. The second-order valence-electron chi connectivity index (χ2n) is 12.0. The van der Waals surface area contributed by atoms with E-state index >= 15 is 0 Å². The zero-order valence-electron chi connectivity index (χ0n) is 22.6. The first-order valence-electron chi connectivity index (χ1n) is 14.7. The van der Waals surface area contributed by atoms with E-state index in [1.165, 1.54) is 48.7 Å². The average Bonchev–Trinajstić information content (AvgIpc) is 3.50. The van der Waals surface area contributed by atoms with Crippen LogP contribution in [-0.4, -0.2) is 72.2 Å². The highest BCUT2D eigenvalue weighted by molar-refractivity contribution is 5.98. The minimum absolute atomic E-state index is 0.330. The third-order valence-corrected chi connectivity index (χ3v) is 9.35. The second kappa shape index (κ2) is 10.3. The monoisotopic (exact) mass is 530 g/mol. The summed E-state index contributed by atoms with van der Waals surface area (Å²) in [5.74, 6) is 0.879. The molecule has 1 N–H and O–H groups in total. The Morgan fingerprint density at radius 2 is 1.87 bits per heavy atom. The lowest BCUT2D eigenvalue weighted by Gasteiger charge is -2.34. The number of para-hydroxylation sites is 1. The molecule has 1 saturated carbocycles. The summed E-state index contributed by atoms with van der Waals surface area (Å²) in [5.41, 5.74) is 4.52. The first-order valence-corrected chi connectivity index (χ1v) is 14.7. The zero-order chi connectivity index (χ0) is 26.4. The fourth-order valence-corrected chi connectivity index (χ4v) is 7.52. The molecule has 2 saturated heterocycles. The normalized spacial score (nSPS) is 26.1. The van der Waals surface area contributed by atoms with E-state index < -0.39 is 11.6 Å². The summed E-state index contributed by atoms with van der Waals surface area (Å²) in [7, 11) is 0. The van der Waals surface area contributed by atoms with Gasteiger partial charge in [0, 0.05) is 36.1 Å². The molecule has 2 atom stereocenters. The van der Waals surface area contributed by atoms with Gasteiger partial charge in [-0.05, 0) is 60.9 Å². The summed E-state index contributed by atoms with van der Waals surface area (Å²) in [5, 5.41) is 11.1. The summed E-state index contributed by atoms with van der Waals surface area (Å²) in [6.45, 7) is 6.41. The van der Waals surface area contributed by atoms with Crippen LogP contribution in [0.4, 0.5) is 0 Å². The largest absolute Gasteiger partial charge is 0.490 e. The van der Waals surface area contributed by atoms with Crippen molar-refractivity contribution in [3.8, 4) is 17.0 Å². The summed E-state index contributed by atoms with van der Waals surface area (Å²) in [6, 6.07) is 14.1. The highest BCUT2D eigenvalue weighted by Crippen LogP contribution is 2.48. The Labute approximate surface area is 229 Å². The summed E-state index contributed by atoms with van der Waals surface area (Å²) in [6.07, 6.45) is 7.01. The zero-order valence-corrected chi connectivity index (χ0v) is 22.6. The van der Waals surface area contributed by atoms with Crippen LogP contribution >= 0.6 is 0 Å². The van der Waals surface area contributed by atoms with Gasteiger partial charge >= 0.3 is 5.97 Å². The Hall–Kier alpha value is -2.87. The molecule has 0 amide bonds. The van der Waals surface area contributed by atoms with Gasteiger partial charge in [0.2, 0.25) is 0 Å². The Bertz CT molecular complexity index is 1370. The van der Waals surface area contributed by atoms with E-state index in [-0.39, 0.29) is 0 Å². The van der Waals surface area contributed by atoms with Gasteiger partial charge in [0.05, 0.1) is 37.6 Å². The molecule has 0 radical (unpaired) electrons. The van der Waals surface area contributed by atoms with E-state index in [4.69, 9.17) is 14.2 Å². The van der Waals surface area contributed by atoms with Crippen molar-refractivity contribution in [1.82, 2.24) is 9.47 Å². The predicted molar refractivity (Wildman–Crippen MR) is 150 cm³/mol. The lowest BCUT2D eigenvalue weighted by Crippen LogP contribution is -2.42. The van der Waals surface area contributed by atoms with Crippen LogP contribution in [0.2, 0.25) is 0 Å². The summed E-state index contributed by atoms with van der Waals surface area (Å²) in [4.78, 5) is 14.5. The van der Waals surface area contributed by atoms with Crippen molar-refractivity contribution < 1.29 is 24.1 Å². The maximum Gasteiger partial charge on any atom is 0.335 e. The smallest absolute Gasteiger partial charge is 0.335 e. The molecule has 206 valence electrons. The summed E-state index contributed by atoms with van der Waals surface area (Å²) >= 11 is 0. The van der Waals surface area contributed by atoms with E-state index in [0.29, 0.717) is 37.2 Å². The second-order valence-corrected chi connectivity index (χ2v) is 12.0. The van der Waals surface area contributed by atoms with Gasteiger partial charge in [0.1, 0.15) is 18.0 Å². The lowest BCUT2D eigenvalue weighted by atomic mass is 9.81. The molecular formula is C32H38N2O5. The number of fused-ring (bicyclic) bond motifs is 5. The van der Waals surface area contributed by atoms with Crippen molar-refractivity contribution >= 4 is 16.9 Å². The van der Waals surface area contributed by atoms with Crippen LogP contribution in [-0.2, 0) is 16.0 Å². The van der Waals surface area contributed by atoms with Crippen molar-refractivity contribution in [3.63, 3.8) is 0 Å². The van der Waals surface area contributed by atoms with Crippen LogP contribution in [0.25, 0.3) is 22.2 Å². The van der Waals surface area contributed by atoms with Crippen LogP contribution < -0.4 is 4.74 Å². The minimum Gasteiger partial charge on any atom is -0.490 e. The maximum atomic E-state index is 12.1. The van der Waals surface area contributed by atoms with Gasteiger partial charge in [-0.25, -0.2) is 4.79 Å². The highest BCUT2D eigenvalue weighted by Gasteiger charge is 2.44. The fourth-order valence-electron chi connectivity index (χ4n) is 7.52. The predicted octanol–water partition coefficient (Wildman–Crippen LogP) is 5.55. The van der Waals surface area contributed by atoms with Crippen LogP contribution in [0.3, 0.4) is 0 Å². The van der Waals surface area contributed by atoms with Crippen LogP contribution in [0, 0.1) is 5.92 Å². The van der Waals surface area contributed by atoms with Crippen LogP contribution in [0.1, 0.15) is 60.4 Å². The number of benzene rings is 2. The van der Waals surface area contributed by atoms with Gasteiger partial charge in [-0.3, -0.25) is 4.90 Å². The van der Waals surface area contributed by atoms with Crippen LogP contribution in [0.15, 0.2) is 42.5 Å². The molecule has 7 rings (SSSR count). The fraction of sp³-hybridized carbons (Fsp3) is 0.531. The van der Waals surface area contributed by atoms with Gasteiger partial charge in [-0.1, -0.05) is 37.5 Å². The molecule has 7 heteroatoms. The molecule has 4 aliphatic rings. The molecule has 1 spiro atoms. The number of aromatic nitrogens is 1. The van der Waals surface area contributed by atoms with Crippen LogP contribution in [0.5, 0.6) is 5.75 Å². The van der Waals surface area contributed by atoms with E-state index in [1.807, 2.05) is 18.2 Å². The highest BCUT2D eigenvalue weighted by atomic mass is 16.5. The van der Waals surface area contributed by atoms with Gasteiger partial charge in [-0.2, -0.15) is 0 Å². The number of nitrogens with zero attached hydrogens (tertiary/aromatic N) is 2. The number of morpholine rings is 1. The van der Waals surface area contributed by atoms with Crippen molar-refractivity contribution in [3.05, 3.63) is 53.6 Å². The minimum atomic E-state index is -0.890. The number of carboxylic acid groups (broad SMARTS) is 1. The Kier molecular flexibility index (Phi) is 6.61. The number of rotatable bonds is 4. The maximum absolute atomic E-state index is 12.1. The number of aromatic carboxylic acids is 1. The molecule has 0 bridgehead atoms. The van der Waals surface area contributed by atoms with E-state index in [9.17, 15) is 9.90 Å². The molecule has 3 fully saturated rings. The van der Waals surface area contributed by atoms with Gasteiger partial charge in [-0.15, -0.1) is 0 Å². The lowest BCUT2D eigenvalue weighted by molar-refractivity contribution is -0.0431. The van der Waals surface area contributed by atoms with Crippen molar-refractivity contribution in [1.29, 1.82) is 0 Å². The first-order chi connectivity index (χ1) is 19.1. The van der Waals surface area contributed by atoms with E-state index in [2.05, 4.69) is 27.7 Å². The molecule has 2 aromatic carbocycles. The number of ether oxygens (including phenoxy) is 3. The Balaban J connectivity index is 1.36. The average molecular weight is 531 g/mol. The molecule has 1 aromatic heterocycles. The standard InChI is InChI=1S/C32H38N2O5/c35-31(36)24-10-11-25-27(16-24)34-20-32(17-22(19-39-32)18-33-12-14-37-15-13-33)21-38-28-9-5-4-8-26(28)30(34)29(25)23-6-2-1-3-7-23/h4-5,8-11,16,22-23H,1-3,6-7,12-15,17-21H2,(H,35,36)/t22-,32+/m0/s1. The van der Waals surface area contributed by atoms with Gasteiger partial charge < -0.3 is 23.9 Å².